The van der Waals surface area contributed by atoms with E-state index in [0.29, 0.717) is 11.7 Å². The number of rotatable bonds is 3. The Morgan fingerprint density at radius 2 is 1.81 bits per heavy atom. The lowest BCUT2D eigenvalue weighted by atomic mass is 9.94. The highest BCUT2D eigenvalue weighted by Crippen LogP contribution is 2.32. The van der Waals surface area contributed by atoms with Gasteiger partial charge in [-0.25, -0.2) is 19.9 Å². The molecule has 4 aromatic rings. The number of benzene rings is 1. The lowest BCUT2D eigenvalue weighted by Gasteiger charge is -2.21. The Labute approximate surface area is 150 Å². The summed E-state index contributed by atoms with van der Waals surface area (Å²) in [6.45, 7) is 1.64. The van der Waals surface area contributed by atoms with Crippen LogP contribution in [0.15, 0.2) is 47.4 Å². The van der Waals surface area contributed by atoms with Crippen LogP contribution in [-0.4, -0.2) is 33.1 Å². The Morgan fingerprint density at radius 3 is 2.65 bits per heavy atom. The van der Waals surface area contributed by atoms with Gasteiger partial charge in [-0.05, 0) is 37.3 Å². The normalized spacial score (nSPS) is 15.7. The van der Waals surface area contributed by atoms with Crippen LogP contribution in [0.25, 0.3) is 33.5 Å². The molecule has 6 heteroatoms. The van der Waals surface area contributed by atoms with Crippen molar-refractivity contribution in [1.29, 1.82) is 0 Å². The Hall–Kier alpha value is -2.86. The summed E-state index contributed by atoms with van der Waals surface area (Å²) in [6, 6.07) is 7.99. The molecule has 0 spiro atoms. The topological polar surface area (TPSA) is 73.9 Å². The van der Waals surface area contributed by atoms with E-state index in [4.69, 9.17) is 19.1 Å². The Bertz CT molecular complexity index is 1060. The molecule has 0 unspecified atom stereocenters. The summed E-state index contributed by atoms with van der Waals surface area (Å²) in [7, 11) is 0. The second-order valence-electron chi connectivity index (χ2n) is 6.66. The van der Waals surface area contributed by atoms with Gasteiger partial charge in [0.15, 0.2) is 11.4 Å². The predicted octanol–water partition coefficient (Wildman–Crippen LogP) is 3.80. The summed E-state index contributed by atoms with van der Waals surface area (Å²) in [5, 5.41) is 1.01. The molecule has 0 bridgehead atoms. The molecule has 1 fully saturated rings. The lowest BCUT2D eigenvalue weighted by molar-refractivity contribution is 0.0663. The number of ether oxygens (including phenoxy) is 1. The molecule has 0 aliphatic carbocycles. The van der Waals surface area contributed by atoms with Gasteiger partial charge in [-0.15, -0.1) is 0 Å². The molecule has 1 aliphatic rings. The van der Waals surface area contributed by atoms with E-state index in [0.717, 1.165) is 65.8 Å². The third kappa shape index (κ3) is 2.72. The van der Waals surface area contributed by atoms with E-state index in [2.05, 4.69) is 9.97 Å². The fourth-order valence-corrected chi connectivity index (χ4v) is 3.55. The van der Waals surface area contributed by atoms with Crippen molar-refractivity contribution >= 4 is 22.1 Å². The van der Waals surface area contributed by atoms with Gasteiger partial charge in [-0.3, -0.25) is 0 Å². The second-order valence-corrected chi connectivity index (χ2v) is 6.66. The van der Waals surface area contributed by atoms with E-state index in [1.54, 1.807) is 12.4 Å². The van der Waals surface area contributed by atoms with Crippen molar-refractivity contribution in [2.45, 2.75) is 19.3 Å². The molecular weight excluding hydrogens is 328 g/mol. The van der Waals surface area contributed by atoms with Gasteiger partial charge in [0.1, 0.15) is 17.4 Å². The van der Waals surface area contributed by atoms with E-state index < -0.39 is 0 Å². The summed E-state index contributed by atoms with van der Waals surface area (Å²) in [5.41, 5.74) is 4.26. The van der Waals surface area contributed by atoms with Gasteiger partial charge >= 0.3 is 0 Å². The number of para-hydroxylation sites is 1. The molecule has 3 aromatic heterocycles. The van der Waals surface area contributed by atoms with Crippen molar-refractivity contribution in [3.8, 4) is 11.4 Å². The first-order valence-corrected chi connectivity index (χ1v) is 8.90. The monoisotopic (exact) mass is 346 g/mol. The number of nitrogens with zero attached hydrogens (tertiary/aromatic N) is 4. The quantitative estimate of drug-likeness (QED) is 0.562. The molecule has 0 atom stereocenters. The number of fused-ring (bicyclic) bond motifs is 3. The molecule has 26 heavy (non-hydrogen) atoms. The molecule has 1 aliphatic heterocycles. The number of hydrogen-bond donors (Lipinski definition) is 0. The van der Waals surface area contributed by atoms with Gasteiger partial charge in [0, 0.05) is 31.0 Å². The van der Waals surface area contributed by atoms with Gasteiger partial charge in [-0.2, -0.15) is 0 Å². The van der Waals surface area contributed by atoms with E-state index in [-0.39, 0.29) is 0 Å². The highest BCUT2D eigenvalue weighted by Gasteiger charge is 2.21. The SMILES string of the molecule is c1ccc2c(c1)oc1c(CC3CCOCC3)nc(-c3cncnc3)nc12. The molecule has 0 radical (unpaired) electrons. The molecule has 1 saturated heterocycles. The fourth-order valence-electron chi connectivity index (χ4n) is 3.55. The third-order valence-electron chi connectivity index (χ3n) is 4.93. The van der Waals surface area contributed by atoms with E-state index in [1.807, 2.05) is 24.3 Å². The Morgan fingerprint density at radius 1 is 1.00 bits per heavy atom. The molecule has 4 heterocycles. The minimum Gasteiger partial charge on any atom is -0.452 e. The zero-order chi connectivity index (χ0) is 17.3. The second kappa shape index (κ2) is 6.46. The molecule has 0 amide bonds. The highest BCUT2D eigenvalue weighted by molar-refractivity contribution is 6.03. The molecular formula is C20H18N4O2. The number of aromatic nitrogens is 4. The maximum atomic E-state index is 6.13. The maximum Gasteiger partial charge on any atom is 0.175 e. The first-order chi connectivity index (χ1) is 12.9. The lowest BCUT2D eigenvalue weighted by Crippen LogP contribution is -2.18. The van der Waals surface area contributed by atoms with Gasteiger partial charge in [0.25, 0.3) is 0 Å². The highest BCUT2D eigenvalue weighted by atomic mass is 16.5. The van der Waals surface area contributed by atoms with E-state index in [1.165, 1.54) is 6.33 Å². The molecule has 130 valence electrons. The van der Waals surface area contributed by atoms with Crippen molar-refractivity contribution in [1.82, 2.24) is 19.9 Å². The summed E-state index contributed by atoms with van der Waals surface area (Å²) < 4.78 is 11.6. The van der Waals surface area contributed by atoms with Crippen molar-refractivity contribution in [2.24, 2.45) is 5.92 Å². The van der Waals surface area contributed by atoms with Crippen LogP contribution in [0, 0.1) is 5.92 Å². The van der Waals surface area contributed by atoms with Gasteiger partial charge in [0.05, 0.1) is 11.3 Å². The minimum atomic E-state index is 0.551. The van der Waals surface area contributed by atoms with Crippen molar-refractivity contribution in [3.05, 3.63) is 48.7 Å². The fraction of sp³-hybridized carbons (Fsp3) is 0.300. The predicted molar refractivity (Wildman–Crippen MR) is 97.6 cm³/mol. The van der Waals surface area contributed by atoms with Crippen LogP contribution in [-0.2, 0) is 11.2 Å². The summed E-state index contributed by atoms with van der Waals surface area (Å²) >= 11 is 0. The summed E-state index contributed by atoms with van der Waals surface area (Å²) in [4.78, 5) is 17.8. The van der Waals surface area contributed by atoms with Crippen molar-refractivity contribution in [3.63, 3.8) is 0 Å². The van der Waals surface area contributed by atoms with Crippen LogP contribution in [0.1, 0.15) is 18.5 Å². The van der Waals surface area contributed by atoms with Crippen LogP contribution >= 0.6 is 0 Å². The van der Waals surface area contributed by atoms with E-state index >= 15 is 0 Å². The molecule has 6 nitrogen and oxygen atoms in total. The van der Waals surface area contributed by atoms with Gasteiger partial charge < -0.3 is 9.15 Å². The maximum absolute atomic E-state index is 6.13. The first-order valence-electron chi connectivity index (χ1n) is 8.90. The van der Waals surface area contributed by atoms with Gasteiger partial charge in [0.2, 0.25) is 0 Å². The zero-order valence-corrected chi connectivity index (χ0v) is 14.3. The summed E-state index contributed by atoms with van der Waals surface area (Å²) in [5.74, 6) is 1.20. The molecule has 1 aromatic carbocycles. The zero-order valence-electron chi connectivity index (χ0n) is 14.3. The van der Waals surface area contributed by atoms with Crippen molar-refractivity contribution in [2.75, 3.05) is 13.2 Å². The van der Waals surface area contributed by atoms with Crippen LogP contribution in [0.3, 0.4) is 0 Å². The standard InChI is InChI=1S/C20H18N4O2/c1-2-4-17-15(3-1)18-19(26-17)16(9-13-5-7-25-8-6-13)23-20(24-18)14-10-21-12-22-11-14/h1-4,10-13H,5-9H2. The smallest absolute Gasteiger partial charge is 0.175 e. The minimum absolute atomic E-state index is 0.551. The Balaban J connectivity index is 1.69. The van der Waals surface area contributed by atoms with Crippen LogP contribution in [0.5, 0.6) is 0 Å². The average Bonchev–Trinajstić information content (AvgIpc) is 3.09. The largest absolute Gasteiger partial charge is 0.452 e. The van der Waals surface area contributed by atoms with Crippen LogP contribution < -0.4 is 0 Å². The average molecular weight is 346 g/mol. The number of hydrogen-bond acceptors (Lipinski definition) is 6. The number of furan rings is 1. The summed E-state index contributed by atoms with van der Waals surface area (Å²) in [6.07, 6.45) is 7.97. The van der Waals surface area contributed by atoms with Crippen LogP contribution in [0.2, 0.25) is 0 Å². The molecule has 0 saturated carbocycles. The van der Waals surface area contributed by atoms with E-state index in [9.17, 15) is 0 Å². The molecule has 5 rings (SSSR count). The van der Waals surface area contributed by atoms with Crippen LogP contribution in [0.4, 0.5) is 0 Å². The Kier molecular flexibility index (Phi) is 3.83. The van der Waals surface area contributed by atoms with Gasteiger partial charge in [-0.1, -0.05) is 12.1 Å². The third-order valence-corrected chi connectivity index (χ3v) is 4.93. The van der Waals surface area contributed by atoms with Crippen molar-refractivity contribution < 1.29 is 9.15 Å². The first kappa shape index (κ1) is 15.4. The molecule has 0 N–H and O–H groups in total.